The number of hydrogen-bond acceptors (Lipinski definition) is 3. The lowest BCUT2D eigenvalue weighted by atomic mass is 10.2. The number of H-pyrrole nitrogens is 1. The number of aromatic nitrogens is 3. The smallest absolute Gasteiger partial charge is 0.123 e. The van der Waals surface area contributed by atoms with Crippen LogP contribution in [0.25, 0.3) is 11.3 Å². The van der Waals surface area contributed by atoms with E-state index in [0.29, 0.717) is 0 Å². The Bertz CT molecular complexity index is 445. The number of nitrogens with zero attached hydrogens (tertiary/aromatic N) is 2. The molecule has 2 heterocycles. The van der Waals surface area contributed by atoms with Crippen LogP contribution in [0.1, 0.15) is 24.5 Å². The van der Waals surface area contributed by atoms with Crippen molar-refractivity contribution in [1.82, 2.24) is 15.0 Å². The molecule has 4 nitrogen and oxygen atoms in total. The molecule has 0 aliphatic rings. The maximum atomic E-state index is 5.77. The molecule has 78 valence electrons. The lowest BCUT2D eigenvalue weighted by molar-refractivity contribution is 0.754. The SMILES string of the molecule is Cc1[nH]c(C(C)N)nc1-c1ccncc1. The summed E-state index contributed by atoms with van der Waals surface area (Å²) in [5.41, 5.74) is 8.81. The van der Waals surface area contributed by atoms with Gasteiger partial charge in [0.05, 0.1) is 11.7 Å². The molecular formula is C11H14N4. The maximum Gasteiger partial charge on any atom is 0.123 e. The quantitative estimate of drug-likeness (QED) is 0.780. The standard InChI is InChI=1S/C11H14N4/c1-7(12)11-14-8(2)10(15-11)9-3-5-13-6-4-9/h3-7H,12H2,1-2H3,(H,14,15). The van der Waals surface area contributed by atoms with Crippen molar-refractivity contribution in [3.8, 4) is 11.3 Å². The molecule has 3 N–H and O–H groups in total. The summed E-state index contributed by atoms with van der Waals surface area (Å²) in [6.07, 6.45) is 3.52. The summed E-state index contributed by atoms with van der Waals surface area (Å²) in [6.45, 7) is 3.91. The monoisotopic (exact) mass is 202 g/mol. The normalized spacial score (nSPS) is 12.7. The summed E-state index contributed by atoms with van der Waals surface area (Å²) in [5.74, 6) is 0.819. The molecule has 0 aromatic carbocycles. The Morgan fingerprint density at radius 3 is 2.53 bits per heavy atom. The Morgan fingerprint density at radius 2 is 2.00 bits per heavy atom. The van der Waals surface area contributed by atoms with Gasteiger partial charge in [-0.1, -0.05) is 0 Å². The molecule has 0 aliphatic heterocycles. The van der Waals surface area contributed by atoms with Crippen molar-refractivity contribution in [3.05, 3.63) is 36.0 Å². The summed E-state index contributed by atoms with van der Waals surface area (Å²) in [4.78, 5) is 11.6. The van der Waals surface area contributed by atoms with Crippen molar-refractivity contribution in [1.29, 1.82) is 0 Å². The van der Waals surface area contributed by atoms with Crippen molar-refractivity contribution < 1.29 is 0 Å². The van der Waals surface area contributed by atoms with Crippen molar-refractivity contribution in [2.75, 3.05) is 0 Å². The number of imidazole rings is 1. The van der Waals surface area contributed by atoms with Crippen LogP contribution in [0.3, 0.4) is 0 Å². The average molecular weight is 202 g/mol. The summed E-state index contributed by atoms with van der Waals surface area (Å²) in [5, 5.41) is 0. The number of nitrogens with two attached hydrogens (primary N) is 1. The Labute approximate surface area is 88.6 Å². The van der Waals surface area contributed by atoms with E-state index in [9.17, 15) is 0 Å². The van der Waals surface area contributed by atoms with Crippen molar-refractivity contribution in [2.45, 2.75) is 19.9 Å². The molecule has 4 heteroatoms. The van der Waals surface area contributed by atoms with E-state index >= 15 is 0 Å². The van der Waals surface area contributed by atoms with Crippen molar-refractivity contribution in [2.24, 2.45) is 5.73 Å². The number of rotatable bonds is 2. The van der Waals surface area contributed by atoms with Gasteiger partial charge in [-0.25, -0.2) is 4.98 Å². The number of hydrogen-bond donors (Lipinski definition) is 2. The van der Waals surface area contributed by atoms with E-state index in [1.165, 1.54) is 0 Å². The van der Waals surface area contributed by atoms with Crippen molar-refractivity contribution >= 4 is 0 Å². The number of nitrogens with one attached hydrogen (secondary N) is 1. The van der Waals surface area contributed by atoms with Crippen LogP contribution < -0.4 is 5.73 Å². The molecule has 2 aromatic rings. The first-order valence-electron chi connectivity index (χ1n) is 4.91. The minimum absolute atomic E-state index is 0.0701. The van der Waals surface area contributed by atoms with Crippen LogP contribution in [0.5, 0.6) is 0 Å². The molecule has 0 spiro atoms. The van der Waals surface area contributed by atoms with Gasteiger partial charge in [0.15, 0.2) is 0 Å². The van der Waals surface area contributed by atoms with E-state index in [2.05, 4.69) is 15.0 Å². The molecule has 0 bridgehead atoms. The lowest BCUT2D eigenvalue weighted by Crippen LogP contribution is -2.06. The second-order valence-electron chi connectivity index (χ2n) is 3.62. The zero-order valence-corrected chi connectivity index (χ0v) is 8.86. The Balaban J connectivity index is 2.45. The summed E-state index contributed by atoms with van der Waals surface area (Å²) in [7, 11) is 0. The molecule has 0 aliphatic carbocycles. The van der Waals surface area contributed by atoms with E-state index in [-0.39, 0.29) is 6.04 Å². The molecule has 2 aromatic heterocycles. The minimum atomic E-state index is -0.0701. The van der Waals surface area contributed by atoms with E-state index in [0.717, 1.165) is 22.8 Å². The maximum absolute atomic E-state index is 5.77. The largest absolute Gasteiger partial charge is 0.344 e. The van der Waals surface area contributed by atoms with Crippen LogP contribution in [0.4, 0.5) is 0 Å². The second kappa shape index (κ2) is 3.82. The van der Waals surface area contributed by atoms with Gasteiger partial charge in [0.2, 0.25) is 0 Å². The summed E-state index contributed by atoms with van der Waals surface area (Å²) >= 11 is 0. The molecule has 1 atom stereocenters. The Hall–Kier alpha value is -1.68. The first kappa shape index (κ1) is 9.86. The fourth-order valence-corrected chi connectivity index (χ4v) is 1.49. The van der Waals surface area contributed by atoms with Gasteiger partial charge < -0.3 is 10.7 Å². The number of aryl methyl sites for hydroxylation is 1. The third kappa shape index (κ3) is 1.89. The fourth-order valence-electron chi connectivity index (χ4n) is 1.49. The molecule has 0 fully saturated rings. The summed E-state index contributed by atoms with van der Waals surface area (Å²) in [6, 6.07) is 3.81. The topological polar surface area (TPSA) is 67.6 Å². The first-order valence-corrected chi connectivity index (χ1v) is 4.91. The zero-order valence-electron chi connectivity index (χ0n) is 8.86. The van der Waals surface area contributed by atoms with E-state index < -0.39 is 0 Å². The molecule has 0 saturated carbocycles. The molecule has 1 unspecified atom stereocenters. The number of pyridine rings is 1. The predicted molar refractivity (Wildman–Crippen MR) is 59.2 cm³/mol. The molecule has 15 heavy (non-hydrogen) atoms. The first-order chi connectivity index (χ1) is 7.18. The Morgan fingerprint density at radius 1 is 1.33 bits per heavy atom. The van der Waals surface area contributed by atoms with E-state index in [1.54, 1.807) is 12.4 Å². The predicted octanol–water partition coefficient (Wildman–Crippen LogP) is 1.80. The van der Waals surface area contributed by atoms with Crippen LogP contribution in [0, 0.1) is 6.92 Å². The molecule has 0 amide bonds. The second-order valence-corrected chi connectivity index (χ2v) is 3.62. The van der Waals surface area contributed by atoms with Gasteiger partial charge in [0.25, 0.3) is 0 Å². The third-order valence-electron chi connectivity index (χ3n) is 2.29. The summed E-state index contributed by atoms with van der Waals surface area (Å²) < 4.78 is 0. The average Bonchev–Trinajstić information content (AvgIpc) is 2.62. The highest BCUT2D eigenvalue weighted by molar-refractivity contribution is 5.61. The van der Waals surface area contributed by atoms with Crippen LogP contribution in [0.2, 0.25) is 0 Å². The van der Waals surface area contributed by atoms with Gasteiger partial charge in [-0.05, 0) is 26.0 Å². The van der Waals surface area contributed by atoms with Gasteiger partial charge in [0, 0.05) is 23.7 Å². The molecule has 0 saturated heterocycles. The highest BCUT2D eigenvalue weighted by Crippen LogP contribution is 2.21. The fraction of sp³-hybridized carbons (Fsp3) is 0.273. The van der Waals surface area contributed by atoms with E-state index in [1.807, 2.05) is 26.0 Å². The zero-order chi connectivity index (χ0) is 10.8. The molecular weight excluding hydrogens is 188 g/mol. The van der Waals surface area contributed by atoms with Crippen LogP contribution in [-0.2, 0) is 0 Å². The molecule has 0 radical (unpaired) electrons. The minimum Gasteiger partial charge on any atom is -0.344 e. The lowest BCUT2D eigenvalue weighted by Gasteiger charge is -1.97. The van der Waals surface area contributed by atoms with Gasteiger partial charge in [0.1, 0.15) is 5.82 Å². The van der Waals surface area contributed by atoms with E-state index in [4.69, 9.17) is 5.73 Å². The molecule has 2 rings (SSSR count). The highest BCUT2D eigenvalue weighted by atomic mass is 15.0. The number of aromatic amines is 1. The van der Waals surface area contributed by atoms with Gasteiger partial charge in [-0.3, -0.25) is 4.98 Å². The third-order valence-corrected chi connectivity index (χ3v) is 2.29. The van der Waals surface area contributed by atoms with Crippen LogP contribution in [-0.4, -0.2) is 15.0 Å². The van der Waals surface area contributed by atoms with Gasteiger partial charge in [-0.2, -0.15) is 0 Å². The van der Waals surface area contributed by atoms with Gasteiger partial charge in [-0.15, -0.1) is 0 Å². The van der Waals surface area contributed by atoms with Crippen LogP contribution in [0.15, 0.2) is 24.5 Å². The highest BCUT2D eigenvalue weighted by Gasteiger charge is 2.10. The van der Waals surface area contributed by atoms with Crippen molar-refractivity contribution in [3.63, 3.8) is 0 Å². The van der Waals surface area contributed by atoms with Crippen LogP contribution >= 0.6 is 0 Å². The van der Waals surface area contributed by atoms with Gasteiger partial charge >= 0.3 is 0 Å². The Kier molecular flexibility index (Phi) is 2.51.